The Morgan fingerprint density at radius 1 is 1.10 bits per heavy atom. The molecule has 1 fully saturated rings. The van der Waals surface area contributed by atoms with E-state index in [1.807, 2.05) is 0 Å². The Labute approximate surface area is 169 Å². The lowest BCUT2D eigenvalue weighted by molar-refractivity contribution is -0.274. The van der Waals surface area contributed by atoms with Gasteiger partial charge in [-0.05, 0) is 67.3 Å². The molecule has 1 aromatic heterocycles. The van der Waals surface area contributed by atoms with Crippen LogP contribution < -0.4 is 10.1 Å². The summed E-state index contributed by atoms with van der Waals surface area (Å²) >= 11 is 0. The Hall–Kier alpha value is -3.56. The van der Waals surface area contributed by atoms with Crippen molar-refractivity contribution in [3.8, 4) is 22.8 Å². The zero-order valence-electron chi connectivity index (χ0n) is 15.6. The number of benzene rings is 2. The summed E-state index contributed by atoms with van der Waals surface area (Å²) in [7, 11) is 0. The van der Waals surface area contributed by atoms with Crippen LogP contribution in [0.4, 0.5) is 23.7 Å². The van der Waals surface area contributed by atoms with E-state index in [4.69, 9.17) is 4.74 Å². The van der Waals surface area contributed by atoms with Gasteiger partial charge in [-0.1, -0.05) is 0 Å². The number of halogens is 3. The number of aromatic nitrogens is 3. The highest BCUT2D eigenvalue weighted by molar-refractivity contribution is 5.85. The van der Waals surface area contributed by atoms with Gasteiger partial charge in [0, 0.05) is 11.3 Å². The van der Waals surface area contributed by atoms with Crippen LogP contribution in [-0.2, 0) is 4.74 Å². The number of carbonyl (C=O) groups is 1. The molecule has 0 spiro atoms. The van der Waals surface area contributed by atoms with Gasteiger partial charge in [0.2, 0.25) is 0 Å². The van der Waals surface area contributed by atoms with Crippen LogP contribution in [0.25, 0.3) is 17.1 Å². The van der Waals surface area contributed by atoms with Gasteiger partial charge in [0.15, 0.2) is 5.82 Å². The van der Waals surface area contributed by atoms with Crippen molar-refractivity contribution in [2.24, 2.45) is 5.92 Å². The molecule has 0 saturated heterocycles. The summed E-state index contributed by atoms with van der Waals surface area (Å²) in [5.74, 6) is 0.603. The first-order valence-electron chi connectivity index (χ1n) is 9.18. The van der Waals surface area contributed by atoms with E-state index in [0.717, 1.165) is 12.8 Å². The number of hydrogen-bond donors (Lipinski definition) is 1. The lowest BCUT2D eigenvalue weighted by Gasteiger charge is -2.09. The zero-order chi connectivity index (χ0) is 21.1. The van der Waals surface area contributed by atoms with Gasteiger partial charge in [-0.3, -0.25) is 5.32 Å². The highest BCUT2D eigenvalue weighted by Gasteiger charge is 2.31. The Morgan fingerprint density at radius 3 is 2.43 bits per heavy atom. The average Bonchev–Trinajstić information content (AvgIpc) is 3.41. The molecule has 10 heteroatoms. The molecule has 1 amide bonds. The zero-order valence-corrected chi connectivity index (χ0v) is 15.6. The maximum atomic E-state index is 12.2. The fourth-order valence-electron chi connectivity index (χ4n) is 2.65. The molecule has 30 heavy (non-hydrogen) atoms. The highest BCUT2D eigenvalue weighted by atomic mass is 19.4. The van der Waals surface area contributed by atoms with Crippen molar-refractivity contribution in [3.05, 3.63) is 54.9 Å². The van der Waals surface area contributed by atoms with Crippen molar-refractivity contribution in [3.63, 3.8) is 0 Å². The molecule has 1 heterocycles. The Kier molecular flexibility index (Phi) is 5.30. The summed E-state index contributed by atoms with van der Waals surface area (Å²) < 4.78 is 47.2. The van der Waals surface area contributed by atoms with Crippen molar-refractivity contribution in [2.45, 2.75) is 19.2 Å². The van der Waals surface area contributed by atoms with E-state index in [2.05, 4.69) is 20.1 Å². The van der Waals surface area contributed by atoms with Gasteiger partial charge in [0.05, 0.1) is 12.3 Å². The number of nitrogens with zero attached hydrogens (tertiary/aromatic N) is 3. The molecule has 3 aromatic rings. The van der Waals surface area contributed by atoms with Crippen molar-refractivity contribution in [1.29, 1.82) is 0 Å². The minimum Gasteiger partial charge on any atom is -0.449 e. The first-order chi connectivity index (χ1) is 14.4. The van der Waals surface area contributed by atoms with E-state index in [9.17, 15) is 18.0 Å². The molecular formula is C20H17F3N4O3. The molecule has 0 atom stereocenters. The van der Waals surface area contributed by atoms with Crippen LogP contribution in [0.15, 0.2) is 54.9 Å². The molecule has 1 aliphatic carbocycles. The smallest absolute Gasteiger partial charge is 0.449 e. The van der Waals surface area contributed by atoms with Gasteiger partial charge in [-0.2, -0.15) is 0 Å². The topological polar surface area (TPSA) is 78.3 Å². The second kappa shape index (κ2) is 8.05. The van der Waals surface area contributed by atoms with Crippen LogP contribution in [0.2, 0.25) is 0 Å². The van der Waals surface area contributed by atoms with E-state index in [0.29, 0.717) is 35.3 Å². The standard InChI is InChI=1S/C20H17F3N4O3/c21-20(22,23)30-17-9-7-16(8-10-17)27-12-24-18(26-27)14-3-5-15(6-4-14)25-19(28)29-11-13-1-2-13/h3-10,12-13H,1-2,11H2,(H,25,28). The number of ether oxygens (including phenoxy) is 2. The first-order valence-corrected chi connectivity index (χ1v) is 9.18. The molecular weight excluding hydrogens is 401 g/mol. The summed E-state index contributed by atoms with van der Waals surface area (Å²) in [6, 6.07) is 12.2. The van der Waals surface area contributed by atoms with Gasteiger partial charge in [0.1, 0.15) is 12.1 Å². The average molecular weight is 418 g/mol. The van der Waals surface area contributed by atoms with Crippen LogP contribution in [0.3, 0.4) is 0 Å². The van der Waals surface area contributed by atoms with Crippen LogP contribution in [0.1, 0.15) is 12.8 Å². The summed E-state index contributed by atoms with van der Waals surface area (Å²) in [5, 5.41) is 6.99. The van der Waals surface area contributed by atoms with Crippen LogP contribution in [-0.4, -0.2) is 33.8 Å². The van der Waals surface area contributed by atoms with Crippen molar-refractivity contribution < 1.29 is 27.4 Å². The van der Waals surface area contributed by atoms with Gasteiger partial charge < -0.3 is 9.47 Å². The molecule has 0 unspecified atom stereocenters. The summed E-state index contributed by atoms with van der Waals surface area (Å²) in [4.78, 5) is 15.9. The molecule has 156 valence electrons. The molecule has 1 N–H and O–H groups in total. The lowest BCUT2D eigenvalue weighted by Crippen LogP contribution is -2.17. The number of amides is 1. The molecule has 0 aliphatic heterocycles. The number of alkyl halides is 3. The lowest BCUT2D eigenvalue weighted by atomic mass is 10.2. The fraction of sp³-hybridized carbons (Fsp3) is 0.250. The summed E-state index contributed by atoms with van der Waals surface area (Å²) in [6.45, 7) is 0.439. The van der Waals surface area contributed by atoms with Gasteiger partial charge in [-0.25, -0.2) is 14.5 Å². The van der Waals surface area contributed by atoms with Crippen molar-refractivity contribution >= 4 is 11.8 Å². The summed E-state index contributed by atoms with van der Waals surface area (Å²) in [6.07, 6.45) is -1.57. The first kappa shape index (κ1) is 19.7. The maximum absolute atomic E-state index is 12.2. The second-order valence-corrected chi connectivity index (χ2v) is 6.80. The number of rotatable bonds is 6. The molecule has 4 rings (SSSR count). The third kappa shape index (κ3) is 5.28. The number of anilines is 1. The van der Waals surface area contributed by atoms with Gasteiger partial charge in [0.25, 0.3) is 0 Å². The van der Waals surface area contributed by atoms with Gasteiger partial charge in [-0.15, -0.1) is 18.3 Å². The largest absolute Gasteiger partial charge is 0.573 e. The SMILES string of the molecule is O=C(Nc1ccc(-c2ncn(-c3ccc(OC(F)(F)F)cc3)n2)cc1)OCC1CC1. The molecule has 7 nitrogen and oxygen atoms in total. The minimum absolute atomic E-state index is 0.315. The third-order valence-corrected chi connectivity index (χ3v) is 4.36. The van der Waals surface area contributed by atoms with Gasteiger partial charge >= 0.3 is 12.5 Å². The third-order valence-electron chi connectivity index (χ3n) is 4.36. The predicted octanol–water partition coefficient (Wildman–Crippen LogP) is 4.79. The predicted molar refractivity (Wildman–Crippen MR) is 101 cm³/mol. The van der Waals surface area contributed by atoms with E-state index < -0.39 is 12.5 Å². The van der Waals surface area contributed by atoms with Crippen LogP contribution in [0.5, 0.6) is 5.75 Å². The molecule has 2 aromatic carbocycles. The van der Waals surface area contributed by atoms with E-state index >= 15 is 0 Å². The molecule has 0 radical (unpaired) electrons. The van der Waals surface area contributed by atoms with Crippen molar-refractivity contribution in [2.75, 3.05) is 11.9 Å². The summed E-state index contributed by atoms with van der Waals surface area (Å²) in [5.41, 5.74) is 1.82. The monoisotopic (exact) mass is 418 g/mol. The van der Waals surface area contributed by atoms with Crippen LogP contribution in [0, 0.1) is 5.92 Å². The van der Waals surface area contributed by atoms with E-state index in [-0.39, 0.29) is 5.75 Å². The minimum atomic E-state index is -4.74. The quantitative estimate of drug-likeness (QED) is 0.623. The Morgan fingerprint density at radius 2 is 1.80 bits per heavy atom. The fourth-order valence-corrected chi connectivity index (χ4v) is 2.65. The van der Waals surface area contributed by atoms with Crippen molar-refractivity contribution in [1.82, 2.24) is 14.8 Å². The molecule has 1 aliphatic rings. The second-order valence-electron chi connectivity index (χ2n) is 6.80. The normalized spacial score (nSPS) is 13.7. The van der Waals surface area contributed by atoms with E-state index in [1.165, 1.54) is 35.3 Å². The van der Waals surface area contributed by atoms with Crippen LogP contribution >= 0.6 is 0 Å². The number of hydrogen-bond acceptors (Lipinski definition) is 5. The number of carbonyl (C=O) groups excluding carboxylic acids is 1. The maximum Gasteiger partial charge on any atom is 0.573 e. The Balaban J connectivity index is 1.39. The molecule has 0 bridgehead atoms. The van der Waals surface area contributed by atoms with E-state index in [1.54, 1.807) is 24.3 Å². The Bertz CT molecular complexity index is 1010. The highest BCUT2D eigenvalue weighted by Crippen LogP contribution is 2.29. The molecule has 1 saturated carbocycles. The number of nitrogens with one attached hydrogen (secondary N) is 1.